The molecule has 1 saturated carbocycles. The molecule has 0 unspecified atom stereocenters. The zero-order chi connectivity index (χ0) is 16.0. The quantitative estimate of drug-likeness (QED) is 0.426. The van der Waals surface area contributed by atoms with Crippen molar-refractivity contribution in [1.29, 1.82) is 0 Å². The fraction of sp³-hybridized carbons (Fsp3) is 0.706. The highest BCUT2D eigenvalue weighted by Crippen LogP contribution is 2.28. The molecule has 2 rings (SSSR count). The highest BCUT2D eigenvalue weighted by molar-refractivity contribution is 14.0. The van der Waals surface area contributed by atoms with Crippen molar-refractivity contribution in [3.8, 4) is 0 Å². The number of halogens is 1. The van der Waals surface area contributed by atoms with Crippen molar-refractivity contribution < 1.29 is 5.11 Å². The van der Waals surface area contributed by atoms with Gasteiger partial charge in [0, 0.05) is 32.5 Å². The lowest BCUT2D eigenvalue weighted by Crippen LogP contribution is -2.41. The molecule has 1 aliphatic rings. The largest absolute Gasteiger partial charge is 0.388 e. The zero-order valence-corrected chi connectivity index (χ0v) is 16.9. The van der Waals surface area contributed by atoms with Crippen LogP contribution in [0.1, 0.15) is 44.7 Å². The molecule has 1 aliphatic carbocycles. The Morgan fingerprint density at radius 2 is 2.09 bits per heavy atom. The fourth-order valence-electron chi connectivity index (χ4n) is 3.04. The van der Waals surface area contributed by atoms with E-state index in [0.717, 1.165) is 44.7 Å². The van der Waals surface area contributed by atoms with Crippen LogP contribution in [-0.2, 0) is 13.6 Å². The molecule has 0 atom stereocenters. The summed E-state index contributed by atoms with van der Waals surface area (Å²) < 4.78 is 2.12. The lowest BCUT2D eigenvalue weighted by atomic mass is 9.85. The molecule has 1 aromatic rings. The number of hydrogen-bond acceptors (Lipinski definition) is 2. The molecule has 0 radical (unpaired) electrons. The van der Waals surface area contributed by atoms with Gasteiger partial charge in [0.25, 0.3) is 0 Å². The van der Waals surface area contributed by atoms with E-state index in [0.29, 0.717) is 6.54 Å². The van der Waals surface area contributed by atoms with E-state index in [2.05, 4.69) is 47.1 Å². The molecule has 0 aromatic carbocycles. The number of aliphatic imine (C=N–C) groups is 1. The molecule has 0 saturated heterocycles. The van der Waals surface area contributed by atoms with E-state index in [9.17, 15) is 5.11 Å². The summed E-state index contributed by atoms with van der Waals surface area (Å²) in [6.07, 6.45) is 7.26. The fourth-order valence-corrected chi connectivity index (χ4v) is 3.04. The maximum Gasteiger partial charge on any atom is 0.194 e. The van der Waals surface area contributed by atoms with Gasteiger partial charge >= 0.3 is 0 Å². The summed E-state index contributed by atoms with van der Waals surface area (Å²) >= 11 is 0. The molecule has 1 heterocycles. The Bertz CT molecular complexity index is 495. The Morgan fingerprint density at radius 1 is 1.39 bits per heavy atom. The molecule has 1 aromatic heterocycles. The molecule has 0 amide bonds. The van der Waals surface area contributed by atoms with Gasteiger partial charge in [-0.05, 0) is 31.9 Å². The third-order valence-electron chi connectivity index (χ3n) is 4.45. The molecule has 2 N–H and O–H groups in total. The maximum atomic E-state index is 10.6. The molecule has 0 bridgehead atoms. The van der Waals surface area contributed by atoms with E-state index >= 15 is 0 Å². The standard InChI is InChI=1S/C17H30N4O.HI/c1-4-18-16(19-14-17(22)10-6-5-7-11-17)21(3)13-15-9-8-12-20(15)2;/h8-9,12,22H,4-7,10-11,13-14H2,1-3H3,(H,18,19);1H. The van der Waals surface area contributed by atoms with Crippen molar-refractivity contribution >= 4 is 29.9 Å². The first-order valence-electron chi connectivity index (χ1n) is 8.36. The van der Waals surface area contributed by atoms with E-state index in [1.165, 1.54) is 12.1 Å². The Hall–Kier alpha value is -0.760. The van der Waals surface area contributed by atoms with Crippen molar-refractivity contribution in [3.05, 3.63) is 24.0 Å². The number of aryl methyl sites for hydroxylation is 1. The molecule has 23 heavy (non-hydrogen) atoms. The van der Waals surface area contributed by atoms with Gasteiger partial charge in [0.05, 0.1) is 18.7 Å². The van der Waals surface area contributed by atoms with Crippen LogP contribution in [0.2, 0.25) is 0 Å². The van der Waals surface area contributed by atoms with Crippen molar-refractivity contribution in [3.63, 3.8) is 0 Å². The highest BCUT2D eigenvalue weighted by Gasteiger charge is 2.29. The molecule has 132 valence electrons. The molecule has 0 spiro atoms. The van der Waals surface area contributed by atoms with Gasteiger partial charge in [-0.1, -0.05) is 19.3 Å². The monoisotopic (exact) mass is 434 g/mol. The molecular weight excluding hydrogens is 403 g/mol. The minimum absolute atomic E-state index is 0. The van der Waals surface area contributed by atoms with E-state index in [1.54, 1.807) is 0 Å². The lowest BCUT2D eigenvalue weighted by Gasteiger charge is -2.31. The van der Waals surface area contributed by atoms with Crippen LogP contribution in [0.5, 0.6) is 0 Å². The summed E-state index contributed by atoms with van der Waals surface area (Å²) in [4.78, 5) is 6.81. The van der Waals surface area contributed by atoms with Crippen molar-refractivity contribution in [2.45, 2.75) is 51.2 Å². The molecule has 5 nitrogen and oxygen atoms in total. The van der Waals surface area contributed by atoms with E-state index < -0.39 is 5.60 Å². The minimum Gasteiger partial charge on any atom is -0.388 e. The van der Waals surface area contributed by atoms with Gasteiger partial charge < -0.3 is 19.9 Å². The number of nitrogens with one attached hydrogen (secondary N) is 1. The van der Waals surface area contributed by atoms with E-state index in [4.69, 9.17) is 4.99 Å². The minimum atomic E-state index is -0.606. The summed E-state index contributed by atoms with van der Waals surface area (Å²) in [6.45, 7) is 4.19. The predicted octanol–water partition coefficient (Wildman–Crippen LogP) is 2.74. The normalized spacial score (nSPS) is 17.5. The number of guanidine groups is 1. The van der Waals surface area contributed by atoms with Crippen molar-refractivity contribution in [2.24, 2.45) is 12.0 Å². The average Bonchev–Trinajstić information content (AvgIpc) is 2.89. The number of hydrogen-bond donors (Lipinski definition) is 2. The van der Waals surface area contributed by atoms with Gasteiger partial charge in [0.2, 0.25) is 0 Å². The Morgan fingerprint density at radius 3 is 2.65 bits per heavy atom. The van der Waals surface area contributed by atoms with Gasteiger partial charge in [-0.2, -0.15) is 0 Å². The molecule has 0 aliphatic heterocycles. The second kappa shape index (κ2) is 9.52. The van der Waals surface area contributed by atoms with Crippen LogP contribution in [0.3, 0.4) is 0 Å². The summed E-state index contributed by atoms with van der Waals surface area (Å²) in [6, 6.07) is 4.17. The van der Waals surface area contributed by atoms with Gasteiger partial charge in [-0.15, -0.1) is 24.0 Å². The highest BCUT2D eigenvalue weighted by atomic mass is 127. The summed E-state index contributed by atoms with van der Waals surface area (Å²) in [5.41, 5.74) is 0.634. The first-order valence-corrected chi connectivity index (χ1v) is 8.36. The molecule has 1 fully saturated rings. The first kappa shape index (κ1) is 20.3. The smallest absolute Gasteiger partial charge is 0.194 e. The topological polar surface area (TPSA) is 52.8 Å². The average molecular weight is 434 g/mol. The van der Waals surface area contributed by atoms with Crippen LogP contribution in [0.4, 0.5) is 0 Å². The summed E-state index contributed by atoms with van der Waals surface area (Å²) in [5.74, 6) is 0.864. The number of aliphatic hydroxyl groups is 1. The van der Waals surface area contributed by atoms with Crippen LogP contribution >= 0.6 is 24.0 Å². The Labute approximate surface area is 157 Å². The van der Waals surface area contributed by atoms with Gasteiger partial charge in [0.15, 0.2) is 5.96 Å². The predicted molar refractivity (Wildman–Crippen MR) is 106 cm³/mol. The SMILES string of the molecule is CCNC(=NCC1(O)CCCCC1)N(C)Cc1cccn1C.I. The third kappa shape index (κ3) is 5.99. The van der Waals surface area contributed by atoms with Gasteiger partial charge in [-0.3, -0.25) is 4.99 Å². The van der Waals surface area contributed by atoms with E-state index in [-0.39, 0.29) is 24.0 Å². The second-order valence-corrected chi connectivity index (χ2v) is 6.42. The number of rotatable bonds is 5. The summed E-state index contributed by atoms with van der Waals surface area (Å²) in [7, 11) is 4.09. The first-order chi connectivity index (χ1) is 10.5. The summed E-state index contributed by atoms with van der Waals surface area (Å²) in [5, 5.41) is 13.9. The van der Waals surface area contributed by atoms with Crippen LogP contribution in [-0.4, -0.2) is 46.3 Å². The van der Waals surface area contributed by atoms with Crippen LogP contribution < -0.4 is 5.32 Å². The van der Waals surface area contributed by atoms with Crippen LogP contribution in [0.15, 0.2) is 23.3 Å². The van der Waals surface area contributed by atoms with Gasteiger partial charge in [-0.25, -0.2) is 0 Å². The number of aromatic nitrogens is 1. The Balaban J connectivity index is 0.00000264. The van der Waals surface area contributed by atoms with Gasteiger partial charge in [0.1, 0.15) is 0 Å². The van der Waals surface area contributed by atoms with Crippen molar-refractivity contribution in [1.82, 2.24) is 14.8 Å². The van der Waals surface area contributed by atoms with Crippen LogP contribution in [0.25, 0.3) is 0 Å². The molecule has 6 heteroatoms. The maximum absolute atomic E-state index is 10.6. The lowest BCUT2D eigenvalue weighted by molar-refractivity contribution is 0.0130. The number of nitrogens with zero attached hydrogens (tertiary/aromatic N) is 3. The Kier molecular flexibility index (Phi) is 8.39. The molecular formula is C17H31IN4O. The third-order valence-corrected chi connectivity index (χ3v) is 4.45. The second-order valence-electron chi connectivity index (χ2n) is 6.42. The van der Waals surface area contributed by atoms with Crippen LogP contribution in [0, 0.1) is 0 Å². The van der Waals surface area contributed by atoms with Crippen molar-refractivity contribution in [2.75, 3.05) is 20.1 Å². The van der Waals surface area contributed by atoms with E-state index in [1.807, 2.05) is 7.05 Å². The zero-order valence-electron chi connectivity index (χ0n) is 14.6.